The van der Waals surface area contributed by atoms with Gasteiger partial charge in [-0.05, 0) is 18.9 Å². The molecule has 0 saturated carbocycles. The first-order valence-corrected chi connectivity index (χ1v) is 11.5. The second-order valence-corrected chi connectivity index (χ2v) is 8.53. The second kappa shape index (κ2) is 10.9. The predicted molar refractivity (Wildman–Crippen MR) is 121 cm³/mol. The number of nitro groups is 1. The number of pyridine rings is 1. The number of nitrogens with zero attached hydrogens (tertiary/aromatic N) is 6. The molecule has 3 aliphatic rings. The third-order valence-electron chi connectivity index (χ3n) is 6.39. The first kappa shape index (κ1) is 22.7. The van der Waals surface area contributed by atoms with Crippen molar-refractivity contribution in [1.29, 1.82) is 0 Å². The van der Waals surface area contributed by atoms with Crippen LogP contribution in [-0.4, -0.2) is 116 Å². The van der Waals surface area contributed by atoms with Gasteiger partial charge in [0.2, 0.25) is 11.7 Å². The summed E-state index contributed by atoms with van der Waals surface area (Å²) in [5.41, 5.74) is -0.00873. The number of anilines is 2. The topological polar surface area (TPSA) is 107 Å². The van der Waals surface area contributed by atoms with Crippen LogP contribution in [0.1, 0.15) is 12.8 Å². The van der Waals surface area contributed by atoms with Crippen molar-refractivity contribution >= 4 is 23.2 Å². The highest BCUT2D eigenvalue weighted by Crippen LogP contribution is 2.26. The van der Waals surface area contributed by atoms with E-state index in [4.69, 9.17) is 4.74 Å². The molecule has 0 radical (unpaired) electrons. The summed E-state index contributed by atoms with van der Waals surface area (Å²) < 4.78 is 5.36. The number of likely N-dealkylation sites (tertiary alicyclic amines) is 1. The molecule has 1 amide bonds. The van der Waals surface area contributed by atoms with Crippen molar-refractivity contribution in [2.45, 2.75) is 12.8 Å². The Bertz CT molecular complexity index is 788. The van der Waals surface area contributed by atoms with E-state index in [0.29, 0.717) is 18.9 Å². The van der Waals surface area contributed by atoms with Crippen LogP contribution in [0.2, 0.25) is 0 Å². The maximum absolute atomic E-state index is 12.4. The summed E-state index contributed by atoms with van der Waals surface area (Å²) in [6.45, 7) is 9.85. The number of amides is 1. The SMILES string of the molecule is O=C(CN1CCN(c2ccc([N+](=O)[O-])c(NCCN3CCOCC3)n2)CC1)N1CCCC1. The van der Waals surface area contributed by atoms with E-state index in [0.717, 1.165) is 90.8 Å². The van der Waals surface area contributed by atoms with Gasteiger partial charge in [0.15, 0.2) is 0 Å². The molecular weight excluding hydrogens is 414 g/mol. The lowest BCUT2D eigenvalue weighted by atomic mass is 10.2. The molecule has 0 unspecified atom stereocenters. The number of piperazine rings is 1. The average molecular weight is 448 g/mol. The van der Waals surface area contributed by atoms with Crippen molar-refractivity contribution in [3.63, 3.8) is 0 Å². The van der Waals surface area contributed by atoms with Gasteiger partial charge in [-0.25, -0.2) is 4.98 Å². The number of hydrogen-bond donors (Lipinski definition) is 1. The zero-order valence-corrected chi connectivity index (χ0v) is 18.6. The smallest absolute Gasteiger partial charge is 0.311 e. The molecule has 3 saturated heterocycles. The lowest BCUT2D eigenvalue weighted by Crippen LogP contribution is -2.50. The molecular formula is C21H33N7O4. The van der Waals surface area contributed by atoms with Gasteiger partial charge < -0.3 is 19.9 Å². The molecule has 3 fully saturated rings. The Hall–Kier alpha value is -2.50. The van der Waals surface area contributed by atoms with Crippen LogP contribution in [0.4, 0.5) is 17.3 Å². The number of carbonyl (C=O) groups excluding carboxylic acids is 1. The predicted octanol–water partition coefficient (Wildman–Crippen LogP) is 0.478. The van der Waals surface area contributed by atoms with Gasteiger partial charge in [-0.3, -0.25) is 24.7 Å². The third kappa shape index (κ3) is 5.84. The van der Waals surface area contributed by atoms with Crippen LogP contribution >= 0.6 is 0 Å². The fourth-order valence-corrected chi connectivity index (χ4v) is 4.45. The van der Waals surface area contributed by atoms with Gasteiger partial charge in [0.05, 0.1) is 24.7 Å². The first-order valence-electron chi connectivity index (χ1n) is 11.5. The Morgan fingerprint density at radius 2 is 1.75 bits per heavy atom. The maximum atomic E-state index is 12.4. The molecule has 0 atom stereocenters. The number of carbonyl (C=O) groups is 1. The summed E-state index contributed by atoms with van der Waals surface area (Å²) in [5, 5.41) is 14.6. The summed E-state index contributed by atoms with van der Waals surface area (Å²) in [5.74, 6) is 1.26. The van der Waals surface area contributed by atoms with Crippen LogP contribution in [0.5, 0.6) is 0 Å². The minimum Gasteiger partial charge on any atom is -0.379 e. The van der Waals surface area contributed by atoms with Crippen molar-refractivity contribution < 1.29 is 14.5 Å². The van der Waals surface area contributed by atoms with Gasteiger partial charge in [-0.15, -0.1) is 0 Å². The van der Waals surface area contributed by atoms with Crippen LogP contribution in [0.25, 0.3) is 0 Å². The van der Waals surface area contributed by atoms with Gasteiger partial charge in [0.1, 0.15) is 5.82 Å². The first-order chi connectivity index (χ1) is 15.6. The average Bonchev–Trinajstić information content (AvgIpc) is 3.35. The zero-order chi connectivity index (χ0) is 22.3. The Morgan fingerprint density at radius 3 is 2.44 bits per heavy atom. The molecule has 0 bridgehead atoms. The van der Waals surface area contributed by atoms with Crippen molar-refractivity contribution in [1.82, 2.24) is 19.7 Å². The third-order valence-corrected chi connectivity index (χ3v) is 6.39. The molecule has 32 heavy (non-hydrogen) atoms. The van der Waals surface area contributed by atoms with Crippen molar-refractivity contribution in [2.24, 2.45) is 0 Å². The van der Waals surface area contributed by atoms with Gasteiger partial charge in [0.25, 0.3) is 0 Å². The maximum Gasteiger partial charge on any atom is 0.311 e. The minimum atomic E-state index is -0.393. The van der Waals surface area contributed by atoms with Gasteiger partial charge in [-0.2, -0.15) is 0 Å². The summed E-state index contributed by atoms with van der Waals surface area (Å²) in [6, 6.07) is 3.25. The van der Waals surface area contributed by atoms with Crippen LogP contribution < -0.4 is 10.2 Å². The van der Waals surface area contributed by atoms with Crippen LogP contribution in [0.15, 0.2) is 12.1 Å². The monoisotopic (exact) mass is 447 g/mol. The number of ether oxygens (including phenoxy) is 1. The van der Waals surface area contributed by atoms with E-state index in [1.807, 2.05) is 4.90 Å². The van der Waals surface area contributed by atoms with Crippen molar-refractivity contribution in [2.75, 3.05) is 95.4 Å². The van der Waals surface area contributed by atoms with Crippen LogP contribution in [0, 0.1) is 10.1 Å². The quantitative estimate of drug-likeness (QED) is 0.450. The molecule has 0 spiro atoms. The molecule has 0 aliphatic carbocycles. The van der Waals surface area contributed by atoms with Crippen molar-refractivity contribution in [3.05, 3.63) is 22.2 Å². The molecule has 1 aromatic heterocycles. The molecule has 1 aromatic rings. The van der Waals surface area contributed by atoms with E-state index < -0.39 is 4.92 Å². The van der Waals surface area contributed by atoms with Gasteiger partial charge in [-0.1, -0.05) is 0 Å². The minimum absolute atomic E-state index is 0.00873. The molecule has 3 aliphatic heterocycles. The fourth-order valence-electron chi connectivity index (χ4n) is 4.45. The lowest BCUT2D eigenvalue weighted by Gasteiger charge is -2.35. The molecule has 4 rings (SSSR count). The Balaban J connectivity index is 1.31. The van der Waals surface area contributed by atoms with E-state index in [9.17, 15) is 14.9 Å². The number of aromatic nitrogens is 1. The van der Waals surface area contributed by atoms with Crippen molar-refractivity contribution in [3.8, 4) is 0 Å². The number of rotatable bonds is 8. The molecule has 11 nitrogen and oxygen atoms in total. The van der Waals surface area contributed by atoms with Gasteiger partial charge in [0, 0.05) is 71.5 Å². The van der Waals surface area contributed by atoms with E-state index in [2.05, 4.69) is 25.0 Å². The van der Waals surface area contributed by atoms with E-state index >= 15 is 0 Å². The molecule has 4 heterocycles. The molecule has 0 aromatic carbocycles. The van der Waals surface area contributed by atoms with E-state index in [1.165, 1.54) is 6.07 Å². The fraction of sp³-hybridized carbons (Fsp3) is 0.714. The summed E-state index contributed by atoms with van der Waals surface area (Å²) >= 11 is 0. The Morgan fingerprint density at radius 1 is 1.03 bits per heavy atom. The number of nitrogens with one attached hydrogen (secondary N) is 1. The Labute approximate surface area is 188 Å². The highest BCUT2D eigenvalue weighted by atomic mass is 16.6. The highest BCUT2D eigenvalue weighted by Gasteiger charge is 2.25. The number of hydrogen-bond acceptors (Lipinski definition) is 9. The zero-order valence-electron chi connectivity index (χ0n) is 18.6. The highest BCUT2D eigenvalue weighted by molar-refractivity contribution is 5.78. The standard InChI is InChI=1S/C21H33N7O4/c29-20(27-6-1-2-7-27)17-25-9-11-26(12-10-25)19-4-3-18(28(30)31)21(23-19)22-5-8-24-13-15-32-16-14-24/h3-4H,1-2,5-17H2,(H,22,23). The number of morpholine rings is 1. The largest absolute Gasteiger partial charge is 0.379 e. The molecule has 11 heteroatoms. The van der Waals surface area contributed by atoms with E-state index in [-0.39, 0.29) is 11.6 Å². The van der Waals surface area contributed by atoms with E-state index in [1.54, 1.807) is 6.07 Å². The lowest BCUT2D eigenvalue weighted by molar-refractivity contribution is -0.384. The van der Waals surface area contributed by atoms with Crippen LogP contribution in [-0.2, 0) is 9.53 Å². The Kier molecular flexibility index (Phi) is 7.72. The second-order valence-electron chi connectivity index (χ2n) is 8.53. The summed E-state index contributed by atoms with van der Waals surface area (Å²) in [7, 11) is 0. The van der Waals surface area contributed by atoms with Crippen LogP contribution in [0.3, 0.4) is 0 Å². The van der Waals surface area contributed by atoms with Gasteiger partial charge >= 0.3 is 5.69 Å². The molecule has 1 N–H and O–H groups in total. The normalized spacial score (nSPS) is 20.5. The molecule has 176 valence electrons. The summed E-state index contributed by atoms with van der Waals surface area (Å²) in [6.07, 6.45) is 2.21. The summed E-state index contributed by atoms with van der Waals surface area (Å²) in [4.78, 5) is 36.6.